The lowest BCUT2D eigenvalue weighted by molar-refractivity contribution is -0.137. The van der Waals surface area contributed by atoms with Gasteiger partial charge in [0.25, 0.3) is 5.91 Å². The summed E-state index contributed by atoms with van der Waals surface area (Å²) in [6, 6.07) is 26.2. The first-order valence-corrected chi connectivity index (χ1v) is 10.4. The van der Waals surface area contributed by atoms with Gasteiger partial charge in [0.1, 0.15) is 0 Å². The summed E-state index contributed by atoms with van der Waals surface area (Å²) in [6.45, 7) is 0. The molecule has 1 aliphatic carbocycles. The van der Waals surface area contributed by atoms with Gasteiger partial charge in [-0.05, 0) is 35.6 Å². The molecule has 5 heteroatoms. The van der Waals surface area contributed by atoms with Gasteiger partial charge in [-0.1, -0.05) is 84.9 Å². The molecule has 31 heavy (non-hydrogen) atoms. The minimum Gasteiger partial charge on any atom is -0.372 e. The maximum atomic E-state index is 13.3. The van der Waals surface area contributed by atoms with Crippen LogP contribution in [0.5, 0.6) is 0 Å². The topological polar surface area (TPSA) is 77.2 Å². The number of amides is 1. The first kappa shape index (κ1) is 19.2. The molecule has 0 unspecified atom stereocenters. The van der Waals surface area contributed by atoms with Crippen molar-refractivity contribution in [2.24, 2.45) is 0 Å². The third kappa shape index (κ3) is 3.29. The normalized spacial score (nSPS) is 13.4. The van der Waals surface area contributed by atoms with Gasteiger partial charge in [-0.2, -0.15) is 0 Å². The van der Waals surface area contributed by atoms with Gasteiger partial charge >= 0.3 is 0 Å². The molecule has 1 amide bonds. The fourth-order valence-corrected chi connectivity index (χ4v) is 4.27. The quantitative estimate of drug-likeness (QED) is 0.376. The second kappa shape index (κ2) is 7.78. The van der Waals surface area contributed by atoms with Crippen LogP contribution >= 0.6 is 0 Å². The number of aliphatic hydroxyl groups is 1. The molecule has 5 rings (SSSR count). The molecule has 1 aromatic heterocycles. The van der Waals surface area contributed by atoms with Crippen LogP contribution in [-0.2, 0) is 16.8 Å². The maximum Gasteiger partial charge on any atom is 0.279 e. The Hall–Kier alpha value is -3.83. The molecule has 3 aromatic carbocycles. The first-order chi connectivity index (χ1) is 15.2. The molecule has 0 saturated heterocycles. The van der Waals surface area contributed by atoms with Gasteiger partial charge < -0.3 is 10.1 Å². The number of H-pyrrole nitrogens is 1. The number of para-hydroxylation sites is 1. The molecule has 5 nitrogen and oxygen atoms in total. The van der Waals surface area contributed by atoms with Crippen molar-refractivity contribution in [2.45, 2.75) is 18.4 Å². The highest BCUT2D eigenvalue weighted by atomic mass is 16.3. The lowest BCUT2D eigenvalue weighted by Crippen LogP contribution is -2.50. The van der Waals surface area contributed by atoms with E-state index in [1.807, 2.05) is 54.6 Å². The molecule has 1 aliphatic rings. The summed E-state index contributed by atoms with van der Waals surface area (Å²) in [5.41, 5.74) is 9.05. The van der Waals surface area contributed by atoms with Crippen molar-refractivity contribution in [3.05, 3.63) is 113 Å². The zero-order valence-electron chi connectivity index (χ0n) is 16.9. The predicted molar refractivity (Wildman–Crippen MR) is 122 cm³/mol. The molecule has 0 radical (unpaired) electrons. The summed E-state index contributed by atoms with van der Waals surface area (Å²) in [7, 11) is 0. The monoisotopic (exact) mass is 409 g/mol. The number of benzene rings is 3. The smallest absolute Gasteiger partial charge is 0.279 e. The number of hydrogen-bond acceptors (Lipinski definition) is 3. The molecular formula is C26H23N3O2. The van der Waals surface area contributed by atoms with E-state index < -0.39 is 11.5 Å². The predicted octanol–water partition coefficient (Wildman–Crippen LogP) is 4.01. The molecule has 0 fully saturated rings. The lowest BCUT2D eigenvalue weighted by atomic mass is 9.85. The summed E-state index contributed by atoms with van der Waals surface area (Å²) in [5, 5.41) is 12.8. The van der Waals surface area contributed by atoms with Crippen LogP contribution in [0.2, 0.25) is 0 Å². The number of nitrogens with one attached hydrogen (secondary N) is 3. The van der Waals surface area contributed by atoms with Crippen LogP contribution in [0.1, 0.15) is 28.8 Å². The van der Waals surface area contributed by atoms with E-state index in [0.29, 0.717) is 11.1 Å². The van der Waals surface area contributed by atoms with E-state index >= 15 is 0 Å². The number of hydrazine groups is 1. The van der Waals surface area contributed by atoms with Crippen molar-refractivity contribution in [3.63, 3.8) is 0 Å². The summed E-state index contributed by atoms with van der Waals surface area (Å²) in [6.07, 6.45) is 3.87. The number of carbonyl (C=O) groups is 1. The zero-order chi connectivity index (χ0) is 21.3. The summed E-state index contributed by atoms with van der Waals surface area (Å²) in [5.74, 6) is -0.547. The Morgan fingerprint density at radius 2 is 1.48 bits per heavy atom. The fraction of sp³-hybridized carbons (Fsp3) is 0.115. The molecule has 154 valence electrons. The van der Waals surface area contributed by atoms with E-state index in [4.69, 9.17) is 0 Å². The van der Waals surface area contributed by atoms with Crippen LogP contribution in [0, 0.1) is 0 Å². The Balaban J connectivity index is 1.45. The summed E-state index contributed by atoms with van der Waals surface area (Å²) < 4.78 is 0. The maximum absolute atomic E-state index is 13.3. The van der Waals surface area contributed by atoms with Crippen LogP contribution in [0.25, 0.3) is 16.6 Å². The molecule has 1 heterocycles. The molecule has 4 aromatic rings. The molecule has 4 N–H and O–H groups in total. The van der Waals surface area contributed by atoms with Gasteiger partial charge in [-0.15, -0.1) is 0 Å². The van der Waals surface area contributed by atoms with Gasteiger partial charge in [0.15, 0.2) is 5.60 Å². The average Bonchev–Trinajstić information content (AvgIpc) is 3.22. The minimum atomic E-state index is -1.83. The fourth-order valence-electron chi connectivity index (χ4n) is 4.27. The van der Waals surface area contributed by atoms with Crippen molar-refractivity contribution in [1.29, 1.82) is 0 Å². The number of rotatable bonds is 5. The third-order valence-corrected chi connectivity index (χ3v) is 5.85. The Kier molecular flexibility index (Phi) is 4.81. The molecule has 0 aliphatic heterocycles. The average molecular weight is 409 g/mol. The highest BCUT2D eigenvalue weighted by Crippen LogP contribution is 2.32. The lowest BCUT2D eigenvalue weighted by Gasteiger charge is -2.29. The molecule has 0 saturated carbocycles. The number of carbonyl (C=O) groups excluding carboxylic acids is 1. The van der Waals surface area contributed by atoms with E-state index in [-0.39, 0.29) is 0 Å². The highest BCUT2D eigenvalue weighted by molar-refractivity contribution is 5.92. The van der Waals surface area contributed by atoms with E-state index in [1.54, 1.807) is 24.3 Å². The summed E-state index contributed by atoms with van der Waals surface area (Å²) in [4.78, 5) is 16.8. The minimum absolute atomic E-state index is 0.504. The number of hydrogen-bond donors (Lipinski definition) is 4. The Morgan fingerprint density at radius 1 is 0.871 bits per heavy atom. The third-order valence-electron chi connectivity index (χ3n) is 5.85. The number of aromatic nitrogens is 1. The van der Waals surface area contributed by atoms with Gasteiger partial charge in [0.05, 0.1) is 11.4 Å². The molecular weight excluding hydrogens is 386 g/mol. The summed E-state index contributed by atoms with van der Waals surface area (Å²) >= 11 is 0. The van der Waals surface area contributed by atoms with Crippen molar-refractivity contribution in [1.82, 2.24) is 15.8 Å². The van der Waals surface area contributed by atoms with Gasteiger partial charge in [0.2, 0.25) is 0 Å². The zero-order valence-corrected chi connectivity index (χ0v) is 16.9. The number of aryl methyl sites for hydroxylation is 1. The van der Waals surface area contributed by atoms with E-state index in [9.17, 15) is 9.90 Å². The number of fused-ring (bicyclic) bond motifs is 3. The van der Waals surface area contributed by atoms with Crippen molar-refractivity contribution >= 4 is 22.5 Å². The van der Waals surface area contributed by atoms with Crippen molar-refractivity contribution < 1.29 is 9.90 Å². The largest absolute Gasteiger partial charge is 0.372 e. The Labute approximate surface area is 180 Å². The molecule has 0 bridgehead atoms. The van der Waals surface area contributed by atoms with Crippen molar-refractivity contribution in [3.8, 4) is 0 Å². The second-order valence-electron chi connectivity index (χ2n) is 7.70. The van der Waals surface area contributed by atoms with Gasteiger partial charge in [0, 0.05) is 10.9 Å². The van der Waals surface area contributed by atoms with E-state index in [0.717, 1.165) is 29.7 Å². The van der Waals surface area contributed by atoms with Crippen LogP contribution in [0.15, 0.2) is 91.0 Å². The van der Waals surface area contributed by atoms with Crippen LogP contribution < -0.4 is 10.9 Å². The van der Waals surface area contributed by atoms with E-state index in [2.05, 4.69) is 28.0 Å². The Morgan fingerprint density at radius 3 is 2.16 bits per heavy atom. The Bertz CT molecular complexity index is 1220. The SMILES string of the molecule is O=C(NNC1=CCCc2c1[nH]c1ccccc21)C(O)(c1ccccc1)c1ccccc1. The van der Waals surface area contributed by atoms with Crippen molar-refractivity contribution in [2.75, 3.05) is 0 Å². The van der Waals surface area contributed by atoms with Gasteiger partial charge in [-0.25, -0.2) is 0 Å². The number of aromatic amines is 1. The first-order valence-electron chi connectivity index (χ1n) is 10.4. The van der Waals surface area contributed by atoms with Crippen LogP contribution in [0.3, 0.4) is 0 Å². The van der Waals surface area contributed by atoms with Gasteiger partial charge in [-0.3, -0.25) is 15.6 Å². The second-order valence-corrected chi connectivity index (χ2v) is 7.70. The van der Waals surface area contributed by atoms with Crippen LogP contribution in [-0.4, -0.2) is 16.0 Å². The molecule has 0 atom stereocenters. The van der Waals surface area contributed by atoms with E-state index in [1.165, 1.54) is 10.9 Å². The molecule has 0 spiro atoms. The standard InChI is InChI=1S/C26H23N3O2/c30-25(26(31,18-10-3-1-4-11-18)19-12-5-2-6-13-19)29-28-23-17-9-15-21-20-14-7-8-16-22(20)27-24(21)23/h1-8,10-14,16-17,27-28,31H,9,15H2,(H,29,30). The number of allylic oxidation sites excluding steroid dienone is 1. The highest BCUT2D eigenvalue weighted by Gasteiger charge is 2.40. The van der Waals surface area contributed by atoms with Crippen LogP contribution in [0.4, 0.5) is 0 Å².